The molecule has 0 bridgehead atoms. The van der Waals surface area contributed by atoms with Crippen molar-refractivity contribution < 1.29 is 94.6 Å². The smallest absolute Gasteiger partial charge is 0.330 e. The molecule has 22 nitrogen and oxygen atoms in total. The predicted molar refractivity (Wildman–Crippen MR) is 422 cm³/mol. The lowest BCUT2D eigenvalue weighted by molar-refractivity contribution is -0.145. The van der Waals surface area contributed by atoms with Gasteiger partial charge in [0.05, 0.1) is 61.9 Å². The number of ether oxygens (including phenoxy) is 10. The van der Waals surface area contributed by atoms with Gasteiger partial charge in [-0.2, -0.15) is 0 Å². The number of carbonyl (C=O) groups excluding carboxylic acids is 8. The van der Waals surface area contributed by atoms with Gasteiger partial charge in [0.25, 0.3) is 0 Å². The Morgan fingerprint density at radius 3 is 1.00 bits per heavy atom. The van der Waals surface area contributed by atoms with Gasteiger partial charge in [0.2, 0.25) is 0 Å². The van der Waals surface area contributed by atoms with Gasteiger partial charge < -0.3 is 56.2 Å². The average molecular weight is 1560 g/mol. The second-order valence-electron chi connectivity index (χ2n) is 29.1. The molecule has 0 amide bonds. The number of nitrogens with zero attached hydrogens (tertiary/aromatic N) is 2. The number of aromatic nitrogens is 2. The number of hydrogen-bond donors (Lipinski definition) is 0. The minimum Gasteiger partial charge on any atom is -0.494 e. The van der Waals surface area contributed by atoms with E-state index in [-0.39, 0.29) is 34.9 Å². The lowest BCUT2D eigenvalue weighted by Crippen LogP contribution is -2.30. The van der Waals surface area contributed by atoms with Gasteiger partial charge in [0.15, 0.2) is 44.5 Å². The first-order valence-electron chi connectivity index (χ1n) is 38.5. The summed E-state index contributed by atoms with van der Waals surface area (Å²) in [6, 6.07) is 32.1. The van der Waals surface area contributed by atoms with E-state index in [9.17, 15) is 38.4 Å². The van der Waals surface area contributed by atoms with E-state index in [0.29, 0.717) is 180 Å². The Hall–Kier alpha value is -11.0. The van der Waals surface area contributed by atoms with Gasteiger partial charge in [-0.1, -0.05) is 25.3 Å². The normalized spacial score (nSPS) is 17.6. The van der Waals surface area contributed by atoms with Gasteiger partial charge in [0.1, 0.15) is 54.6 Å². The summed E-state index contributed by atoms with van der Waals surface area (Å²) in [5.74, 6) is -2.68. The van der Waals surface area contributed by atoms with Crippen molar-refractivity contribution in [2.45, 2.75) is 156 Å². The zero-order valence-corrected chi connectivity index (χ0v) is 64.9. The van der Waals surface area contributed by atoms with Crippen LogP contribution in [0.4, 0.5) is 0 Å². The van der Waals surface area contributed by atoms with Gasteiger partial charge in [-0.3, -0.25) is 28.8 Å². The number of esters is 8. The van der Waals surface area contributed by atoms with Crippen LogP contribution in [-0.2, 0) is 47.8 Å². The molecular formula is C88H90N2O20S2. The number of hydrogen-bond acceptors (Lipinski definition) is 24. The van der Waals surface area contributed by atoms with Crippen molar-refractivity contribution in [2.24, 2.45) is 35.5 Å². The van der Waals surface area contributed by atoms with Crippen LogP contribution in [-0.4, -0.2) is 84.1 Å². The van der Waals surface area contributed by atoms with Crippen LogP contribution in [0.3, 0.4) is 0 Å². The molecule has 4 heterocycles. The predicted octanol–water partition coefficient (Wildman–Crippen LogP) is 19.3. The molecule has 0 saturated heterocycles. The minimum atomic E-state index is -0.583. The molecule has 3 fully saturated rings. The Bertz CT molecular complexity index is 4800. The summed E-state index contributed by atoms with van der Waals surface area (Å²) in [6.45, 7) is 16.6. The maximum absolute atomic E-state index is 14.3. The maximum atomic E-state index is 14.3. The summed E-state index contributed by atoms with van der Waals surface area (Å²) >= 11 is 2.48. The average Bonchev–Trinajstić information content (AvgIpc) is 1.62. The molecule has 584 valence electrons. The number of furan rings is 2. The van der Waals surface area contributed by atoms with Crippen molar-refractivity contribution in [3.63, 3.8) is 0 Å². The molecule has 13 rings (SSSR count). The van der Waals surface area contributed by atoms with Crippen LogP contribution in [0.1, 0.15) is 151 Å². The number of thiazole rings is 2. The molecule has 0 spiro atoms. The maximum Gasteiger partial charge on any atom is 0.330 e. The Morgan fingerprint density at radius 2 is 0.670 bits per heavy atom. The number of fused-ring (bicyclic) bond motifs is 4. The highest BCUT2D eigenvalue weighted by Crippen LogP contribution is 2.47. The largest absolute Gasteiger partial charge is 0.494 e. The number of carbonyl (C=O) groups is 8. The second-order valence-corrected chi connectivity index (χ2v) is 31.1. The monoisotopic (exact) mass is 1560 g/mol. The zero-order chi connectivity index (χ0) is 78.4. The third-order valence-corrected chi connectivity index (χ3v) is 23.1. The highest BCUT2D eigenvalue weighted by atomic mass is 32.1. The Morgan fingerprint density at radius 1 is 0.375 bits per heavy atom. The zero-order valence-electron chi connectivity index (χ0n) is 63.3. The van der Waals surface area contributed by atoms with Crippen LogP contribution < -0.4 is 37.9 Å². The first-order valence-corrected chi connectivity index (χ1v) is 40.2. The number of benzene rings is 6. The lowest BCUT2D eigenvalue weighted by Gasteiger charge is -2.26. The van der Waals surface area contributed by atoms with E-state index < -0.39 is 71.3 Å². The van der Waals surface area contributed by atoms with Crippen LogP contribution in [0.25, 0.3) is 63.9 Å². The van der Waals surface area contributed by atoms with Crippen LogP contribution in [0.2, 0.25) is 0 Å². The third kappa shape index (κ3) is 19.8. The van der Waals surface area contributed by atoms with Gasteiger partial charge in [0, 0.05) is 22.9 Å². The van der Waals surface area contributed by atoms with Gasteiger partial charge in [-0.15, -0.1) is 22.7 Å². The molecule has 0 unspecified atom stereocenters. The van der Waals surface area contributed by atoms with Crippen LogP contribution in [0, 0.1) is 63.2 Å². The summed E-state index contributed by atoms with van der Waals surface area (Å²) in [5.41, 5.74) is 6.09. The first kappa shape index (κ1) is 79.1. The van der Waals surface area contributed by atoms with Crippen LogP contribution in [0.5, 0.6) is 46.0 Å². The van der Waals surface area contributed by atoms with E-state index in [1.165, 1.54) is 22.7 Å². The highest BCUT2D eigenvalue weighted by molar-refractivity contribution is 7.22. The third-order valence-electron chi connectivity index (χ3n) is 20.9. The molecule has 3 aliphatic carbocycles. The van der Waals surface area contributed by atoms with Gasteiger partial charge in [-0.25, -0.2) is 19.6 Å². The van der Waals surface area contributed by atoms with Crippen LogP contribution >= 0.6 is 22.7 Å². The van der Waals surface area contributed by atoms with E-state index in [2.05, 4.69) is 25.3 Å². The molecule has 0 N–H and O–H groups in total. The summed E-state index contributed by atoms with van der Waals surface area (Å²) in [6.07, 6.45) is 13.7. The fourth-order valence-electron chi connectivity index (χ4n) is 14.7. The molecule has 4 aromatic heterocycles. The Kier molecular flexibility index (Phi) is 26.1. The molecule has 6 aromatic carbocycles. The van der Waals surface area contributed by atoms with Gasteiger partial charge >= 0.3 is 47.8 Å². The Balaban J connectivity index is 0.618. The fourth-order valence-corrected chi connectivity index (χ4v) is 16.6. The molecule has 24 heteroatoms. The van der Waals surface area contributed by atoms with Gasteiger partial charge in [-0.05, 0) is 275 Å². The lowest BCUT2D eigenvalue weighted by atomic mass is 9.82. The molecule has 0 aliphatic heterocycles. The van der Waals surface area contributed by atoms with Crippen molar-refractivity contribution in [3.8, 4) is 67.5 Å². The standard InChI is InChI=1S/C88H90N2O20S2/c1-7-75(91)101-43-15-11-9-13-41-99-61-29-33-63(34-30-61)103-83(93)55-17-21-59(22-18-55)87(97)109-69-39-37-67(77-79(69)111-81(89-77)73-49-65-53(5)45-51(3)47-71(65)105-73)107-85(95)57-25-27-58(28-26-57)86(96)108-68-38-40-70(80-78(68)90-82(112-80)74-50-66-54(6)46-52(4)48-72(66)106-74)110-88(98)60-23-19-56(20-24-60)84(94)104-64-35-31-62(32-36-64)100-42-14-10-12-16-44-102-76(92)8-2/h7-8,29-40,45-50,55-60H,1-2,9-28,41-44H2,3-6H3. The number of unbranched alkanes of at least 4 members (excludes halogenated alkanes) is 6. The molecule has 3 saturated carbocycles. The Labute approximate surface area is 656 Å². The van der Waals surface area contributed by atoms with E-state index in [1.54, 1.807) is 72.8 Å². The van der Waals surface area contributed by atoms with Crippen molar-refractivity contribution in [1.82, 2.24) is 9.97 Å². The number of rotatable bonds is 32. The van der Waals surface area contributed by atoms with E-state index >= 15 is 0 Å². The van der Waals surface area contributed by atoms with Crippen molar-refractivity contribution in [3.05, 3.63) is 157 Å². The molecule has 0 atom stereocenters. The second kappa shape index (κ2) is 36.9. The molecule has 112 heavy (non-hydrogen) atoms. The highest BCUT2D eigenvalue weighted by Gasteiger charge is 2.37. The quantitative estimate of drug-likeness (QED) is 0.0164. The van der Waals surface area contributed by atoms with Crippen molar-refractivity contribution >= 4 is 113 Å². The fraction of sp³-hybridized carbons (Fsp3) is 0.386. The van der Waals surface area contributed by atoms with Crippen molar-refractivity contribution in [2.75, 3.05) is 26.4 Å². The summed E-state index contributed by atoms with van der Waals surface area (Å²) in [4.78, 5) is 116. The van der Waals surface area contributed by atoms with E-state index in [4.69, 9.17) is 66.2 Å². The summed E-state index contributed by atoms with van der Waals surface area (Å²) in [7, 11) is 0. The molecule has 10 aromatic rings. The summed E-state index contributed by atoms with van der Waals surface area (Å²) < 4.78 is 71.9. The SMILES string of the molecule is C=CC(=O)OCCCCCCOc1ccc(OC(=O)C2CCC(C(=O)Oc3ccc(OC(=O)C4CCC(C(=O)Oc5ccc(OC(=O)C6CCC(C(=O)Oc7ccc(OCCCCCCOC(=O)C=C)cc7)CC6)c6sc(-c7cc8c(C)cc(C)cc8o7)nc56)CC4)c4nc(-c5cc6c(C)cc(C)cc6o5)sc34)CC2)cc1. The molecule has 3 aliphatic rings. The summed E-state index contributed by atoms with van der Waals surface area (Å²) in [5, 5.41) is 2.79. The van der Waals surface area contributed by atoms with Crippen molar-refractivity contribution in [1.29, 1.82) is 0 Å². The number of aryl methyl sites for hydroxylation is 4. The van der Waals surface area contributed by atoms with E-state index in [0.717, 1.165) is 96.5 Å². The first-order chi connectivity index (χ1) is 54.3. The topological polar surface area (TPSA) is 281 Å². The molecular weight excluding hydrogens is 1470 g/mol. The molecule has 0 radical (unpaired) electrons. The minimum absolute atomic E-state index is 0.162. The van der Waals surface area contributed by atoms with Crippen LogP contribution in [0.15, 0.2) is 143 Å². The van der Waals surface area contributed by atoms with E-state index in [1.807, 2.05) is 52.0 Å².